The monoisotopic (exact) mass is 321 g/mol. The Bertz CT molecular complexity index is 758. The fourth-order valence-electron chi connectivity index (χ4n) is 1.86. The highest BCUT2D eigenvalue weighted by molar-refractivity contribution is 7.94. The summed E-state index contributed by atoms with van der Waals surface area (Å²) < 4.78 is 27.0. The van der Waals surface area contributed by atoms with Crippen LogP contribution in [0, 0.1) is 11.3 Å². The van der Waals surface area contributed by atoms with Crippen LogP contribution < -0.4 is 10.0 Å². The van der Waals surface area contributed by atoms with Crippen LogP contribution in [0.25, 0.3) is 0 Å². The van der Waals surface area contributed by atoms with Crippen molar-refractivity contribution in [3.8, 4) is 6.07 Å². The number of nitrogen functional groups attached to an aromatic ring is 1. The standard InChI is InChI=1S/C14H15N3O2S2/c1-2-9-17(12-5-3-11(16)4-6-12)21(18,19)14-8-7-13(10-15)20-14/h3-8H,2,9,16H2,1H3. The number of nitrogens with zero attached hydrogens (tertiary/aromatic N) is 2. The number of benzene rings is 1. The van der Waals surface area contributed by atoms with Gasteiger partial charge < -0.3 is 5.73 Å². The van der Waals surface area contributed by atoms with Crippen LogP contribution in [0.15, 0.2) is 40.6 Å². The molecule has 0 aliphatic heterocycles. The van der Waals surface area contributed by atoms with Crippen LogP contribution >= 0.6 is 11.3 Å². The Morgan fingerprint density at radius 1 is 1.24 bits per heavy atom. The lowest BCUT2D eigenvalue weighted by molar-refractivity contribution is 0.592. The van der Waals surface area contributed by atoms with E-state index in [0.717, 1.165) is 11.3 Å². The van der Waals surface area contributed by atoms with Gasteiger partial charge in [-0.2, -0.15) is 5.26 Å². The van der Waals surface area contributed by atoms with Crippen LogP contribution in [0.3, 0.4) is 0 Å². The van der Waals surface area contributed by atoms with Crippen LogP contribution in [-0.4, -0.2) is 15.0 Å². The summed E-state index contributed by atoms with van der Waals surface area (Å²) in [5.41, 5.74) is 6.79. The first-order valence-corrected chi connectivity index (χ1v) is 8.63. The van der Waals surface area contributed by atoms with Crippen molar-refractivity contribution < 1.29 is 8.42 Å². The number of rotatable bonds is 5. The van der Waals surface area contributed by atoms with Crippen molar-refractivity contribution in [2.24, 2.45) is 0 Å². The molecule has 0 amide bonds. The second-order valence-corrected chi connectivity index (χ2v) is 7.57. The Balaban J connectivity index is 2.45. The predicted octanol–water partition coefficient (Wildman–Crippen LogP) is 2.81. The van der Waals surface area contributed by atoms with E-state index in [1.165, 1.54) is 16.4 Å². The second-order valence-electron chi connectivity index (χ2n) is 4.40. The second kappa shape index (κ2) is 6.16. The molecule has 7 heteroatoms. The lowest BCUT2D eigenvalue weighted by atomic mass is 10.3. The number of anilines is 2. The van der Waals surface area contributed by atoms with Crippen molar-refractivity contribution >= 4 is 32.7 Å². The number of sulfonamides is 1. The molecule has 5 nitrogen and oxygen atoms in total. The van der Waals surface area contributed by atoms with Gasteiger partial charge in [0.2, 0.25) is 0 Å². The van der Waals surface area contributed by atoms with Gasteiger partial charge in [-0.05, 0) is 42.8 Å². The van der Waals surface area contributed by atoms with Gasteiger partial charge in [0.25, 0.3) is 10.0 Å². The summed E-state index contributed by atoms with van der Waals surface area (Å²) in [6, 6.07) is 11.6. The van der Waals surface area contributed by atoms with E-state index in [0.29, 0.717) is 29.2 Å². The topological polar surface area (TPSA) is 87.2 Å². The van der Waals surface area contributed by atoms with E-state index in [9.17, 15) is 8.42 Å². The van der Waals surface area contributed by atoms with Crippen molar-refractivity contribution in [2.45, 2.75) is 17.6 Å². The summed E-state index contributed by atoms with van der Waals surface area (Å²) in [6.07, 6.45) is 0.681. The lowest BCUT2D eigenvalue weighted by Crippen LogP contribution is -2.31. The van der Waals surface area contributed by atoms with Crippen LogP contribution in [0.1, 0.15) is 18.2 Å². The highest BCUT2D eigenvalue weighted by Crippen LogP contribution is 2.29. The molecule has 2 aromatic rings. The van der Waals surface area contributed by atoms with Crippen LogP contribution in [0.2, 0.25) is 0 Å². The SMILES string of the molecule is CCCN(c1ccc(N)cc1)S(=O)(=O)c1ccc(C#N)s1. The maximum atomic E-state index is 12.7. The van der Waals surface area contributed by atoms with E-state index in [1.54, 1.807) is 24.3 Å². The molecular formula is C14H15N3O2S2. The van der Waals surface area contributed by atoms with Gasteiger partial charge in [0.05, 0.1) is 5.69 Å². The lowest BCUT2D eigenvalue weighted by Gasteiger charge is -2.23. The molecule has 0 unspecified atom stereocenters. The molecule has 0 radical (unpaired) electrons. The third-order valence-corrected chi connectivity index (χ3v) is 6.13. The summed E-state index contributed by atoms with van der Waals surface area (Å²) >= 11 is 0.976. The smallest absolute Gasteiger partial charge is 0.273 e. The molecule has 2 rings (SSSR count). The van der Waals surface area contributed by atoms with Gasteiger partial charge in [-0.15, -0.1) is 11.3 Å². The summed E-state index contributed by atoms with van der Waals surface area (Å²) in [5, 5.41) is 8.84. The zero-order valence-corrected chi connectivity index (χ0v) is 13.1. The Morgan fingerprint density at radius 2 is 1.90 bits per heavy atom. The van der Waals surface area contributed by atoms with Gasteiger partial charge in [0.15, 0.2) is 0 Å². The van der Waals surface area contributed by atoms with E-state index in [-0.39, 0.29) is 4.21 Å². The molecule has 0 atom stereocenters. The minimum Gasteiger partial charge on any atom is -0.399 e. The molecule has 0 saturated carbocycles. The van der Waals surface area contributed by atoms with E-state index < -0.39 is 10.0 Å². The quantitative estimate of drug-likeness (QED) is 0.858. The van der Waals surface area contributed by atoms with Crippen molar-refractivity contribution in [3.05, 3.63) is 41.3 Å². The highest BCUT2D eigenvalue weighted by Gasteiger charge is 2.26. The molecule has 0 spiro atoms. The van der Waals surface area contributed by atoms with Crippen molar-refractivity contribution in [1.29, 1.82) is 5.26 Å². The average Bonchev–Trinajstić information content (AvgIpc) is 2.95. The van der Waals surface area contributed by atoms with Gasteiger partial charge >= 0.3 is 0 Å². The summed E-state index contributed by atoms with van der Waals surface area (Å²) in [4.78, 5) is 0.377. The van der Waals surface area contributed by atoms with E-state index in [4.69, 9.17) is 11.0 Å². The first kappa shape index (κ1) is 15.4. The van der Waals surface area contributed by atoms with Gasteiger partial charge in [-0.3, -0.25) is 4.31 Å². The molecule has 110 valence electrons. The number of hydrogen-bond acceptors (Lipinski definition) is 5. The van der Waals surface area contributed by atoms with Crippen molar-refractivity contribution in [3.63, 3.8) is 0 Å². The number of thiophene rings is 1. The normalized spacial score (nSPS) is 11.0. The molecule has 0 fully saturated rings. The average molecular weight is 321 g/mol. The molecule has 0 aliphatic carbocycles. The number of hydrogen-bond donors (Lipinski definition) is 1. The Hall–Kier alpha value is -2.04. The highest BCUT2D eigenvalue weighted by atomic mass is 32.2. The zero-order valence-electron chi connectivity index (χ0n) is 11.5. The maximum Gasteiger partial charge on any atom is 0.273 e. The first-order chi connectivity index (χ1) is 9.98. The van der Waals surface area contributed by atoms with E-state index in [1.807, 2.05) is 13.0 Å². The summed E-state index contributed by atoms with van der Waals surface area (Å²) in [6.45, 7) is 2.28. The van der Waals surface area contributed by atoms with Gasteiger partial charge in [-0.1, -0.05) is 6.92 Å². The molecular weight excluding hydrogens is 306 g/mol. The van der Waals surface area contributed by atoms with E-state index >= 15 is 0 Å². The van der Waals surface area contributed by atoms with Crippen LogP contribution in [-0.2, 0) is 10.0 Å². The molecule has 21 heavy (non-hydrogen) atoms. The number of nitriles is 1. The predicted molar refractivity (Wildman–Crippen MR) is 84.7 cm³/mol. The summed E-state index contributed by atoms with van der Waals surface area (Å²) in [7, 11) is -3.66. The third kappa shape index (κ3) is 3.17. The third-order valence-electron chi connectivity index (χ3n) is 2.84. The molecule has 1 heterocycles. The maximum absolute atomic E-state index is 12.7. The van der Waals surface area contributed by atoms with Crippen molar-refractivity contribution in [2.75, 3.05) is 16.6 Å². The number of nitrogens with two attached hydrogens (primary N) is 1. The first-order valence-electron chi connectivity index (χ1n) is 6.37. The Morgan fingerprint density at radius 3 is 2.43 bits per heavy atom. The zero-order chi connectivity index (χ0) is 15.5. The van der Waals surface area contributed by atoms with Gasteiger partial charge in [0.1, 0.15) is 15.2 Å². The van der Waals surface area contributed by atoms with E-state index in [2.05, 4.69) is 0 Å². The largest absolute Gasteiger partial charge is 0.399 e. The van der Waals surface area contributed by atoms with Crippen molar-refractivity contribution in [1.82, 2.24) is 0 Å². The fraction of sp³-hybridized carbons (Fsp3) is 0.214. The van der Waals surface area contributed by atoms with Crippen LogP contribution in [0.4, 0.5) is 11.4 Å². The Kier molecular flexibility index (Phi) is 4.50. The molecule has 0 aliphatic rings. The van der Waals surface area contributed by atoms with Gasteiger partial charge in [-0.25, -0.2) is 8.42 Å². The molecule has 2 N–H and O–H groups in total. The van der Waals surface area contributed by atoms with Crippen LogP contribution in [0.5, 0.6) is 0 Å². The molecule has 1 aromatic heterocycles. The Labute approximate surface area is 128 Å². The van der Waals surface area contributed by atoms with Gasteiger partial charge in [0, 0.05) is 12.2 Å². The fourth-order valence-corrected chi connectivity index (χ4v) is 4.63. The summed E-state index contributed by atoms with van der Waals surface area (Å²) in [5.74, 6) is 0. The molecule has 0 saturated heterocycles. The minimum atomic E-state index is -3.66. The molecule has 0 bridgehead atoms. The molecule has 1 aromatic carbocycles. The minimum absolute atomic E-state index is 0.171.